The van der Waals surface area contributed by atoms with Crippen molar-refractivity contribution in [3.8, 4) is 17.1 Å². The number of hydrogen-bond donors (Lipinski definition) is 0. The molecule has 0 N–H and O–H groups in total. The Morgan fingerprint density at radius 3 is 2.52 bits per heavy atom. The minimum Gasteiger partial charge on any atom is -0.483 e. The third kappa shape index (κ3) is 4.61. The summed E-state index contributed by atoms with van der Waals surface area (Å²) in [5.74, 6) is 0.333. The lowest BCUT2D eigenvalue weighted by atomic mass is 10.2. The molecule has 3 aromatic carbocycles. The van der Waals surface area contributed by atoms with Gasteiger partial charge in [-0.15, -0.1) is 0 Å². The first kappa shape index (κ1) is 22.2. The Morgan fingerprint density at radius 2 is 1.82 bits per heavy atom. The second-order valence-electron chi connectivity index (χ2n) is 7.45. The first-order valence-corrected chi connectivity index (χ1v) is 10.5. The summed E-state index contributed by atoms with van der Waals surface area (Å²) in [7, 11) is 0. The molecule has 0 atom stereocenters. The van der Waals surface area contributed by atoms with Gasteiger partial charge in [0.25, 0.3) is 5.56 Å². The number of nitro groups is 1. The molecule has 0 aliphatic heterocycles. The van der Waals surface area contributed by atoms with E-state index in [-0.39, 0.29) is 28.1 Å². The van der Waals surface area contributed by atoms with Gasteiger partial charge in [0.15, 0.2) is 5.82 Å². The fraction of sp³-hybridized carbons (Fsp3) is 0.125. The largest absolute Gasteiger partial charge is 0.483 e. The van der Waals surface area contributed by atoms with Gasteiger partial charge in [-0.3, -0.25) is 14.9 Å². The number of hydrogen-bond acceptors (Lipinski definition) is 6. The molecule has 4 rings (SSSR count). The van der Waals surface area contributed by atoms with Crippen LogP contribution in [0.2, 0.25) is 5.02 Å². The van der Waals surface area contributed by atoms with Gasteiger partial charge in [0.05, 0.1) is 33.2 Å². The fourth-order valence-electron chi connectivity index (χ4n) is 3.29. The highest BCUT2D eigenvalue weighted by atomic mass is 35.5. The highest BCUT2D eigenvalue weighted by molar-refractivity contribution is 6.32. The first-order chi connectivity index (χ1) is 15.8. The Kier molecular flexibility index (Phi) is 6.19. The molecule has 9 heteroatoms. The van der Waals surface area contributed by atoms with Crippen molar-refractivity contribution in [3.05, 3.63) is 97.8 Å². The molecule has 0 radical (unpaired) electrons. The molecule has 0 unspecified atom stereocenters. The number of rotatable bonds is 6. The molecule has 0 aliphatic carbocycles. The van der Waals surface area contributed by atoms with E-state index >= 15 is 0 Å². The fourth-order valence-corrected chi connectivity index (χ4v) is 3.56. The van der Waals surface area contributed by atoms with Crippen molar-refractivity contribution in [2.75, 3.05) is 0 Å². The number of aromatic nitrogens is 2. The predicted molar refractivity (Wildman–Crippen MR) is 128 cm³/mol. The van der Waals surface area contributed by atoms with Crippen molar-refractivity contribution >= 4 is 34.4 Å². The molecule has 0 saturated carbocycles. The number of para-hydroxylation sites is 1. The van der Waals surface area contributed by atoms with E-state index in [1.165, 1.54) is 23.0 Å². The molecular weight excluding hydrogens is 444 g/mol. The Hall–Kier alpha value is -4.04. The molecule has 1 aromatic heterocycles. The molecule has 166 valence electrons. The zero-order valence-corrected chi connectivity index (χ0v) is 18.6. The molecule has 0 amide bonds. The van der Waals surface area contributed by atoms with Crippen molar-refractivity contribution < 1.29 is 9.66 Å². The normalized spacial score (nSPS) is 11.4. The van der Waals surface area contributed by atoms with Gasteiger partial charge in [0, 0.05) is 17.2 Å². The van der Waals surface area contributed by atoms with Crippen LogP contribution < -0.4 is 10.3 Å². The van der Waals surface area contributed by atoms with E-state index in [4.69, 9.17) is 16.3 Å². The van der Waals surface area contributed by atoms with Crippen molar-refractivity contribution in [2.45, 2.75) is 20.0 Å². The summed E-state index contributed by atoms with van der Waals surface area (Å²) in [5, 5.41) is 16.4. The van der Waals surface area contributed by atoms with Crippen LogP contribution in [0.15, 0.2) is 76.6 Å². The molecule has 8 nitrogen and oxygen atoms in total. The lowest BCUT2D eigenvalue weighted by Crippen LogP contribution is -2.20. The smallest absolute Gasteiger partial charge is 0.313 e. The minimum atomic E-state index is -0.569. The Morgan fingerprint density at radius 1 is 1.12 bits per heavy atom. The lowest BCUT2D eigenvalue weighted by Gasteiger charge is -2.12. The third-order valence-corrected chi connectivity index (χ3v) is 4.99. The summed E-state index contributed by atoms with van der Waals surface area (Å²) in [6.45, 7) is 3.50. The SMILES string of the molecule is CC(C)Oc1c(Cl)cc(C=Nn2c(-c3ccccc3)nc3ccccc3c2=O)cc1[N+](=O)[O-]. The molecule has 4 aromatic rings. The molecule has 0 spiro atoms. The summed E-state index contributed by atoms with van der Waals surface area (Å²) in [5.41, 5.74) is 0.923. The van der Waals surface area contributed by atoms with Crippen molar-refractivity contribution in [2.24, 2.45) is 5.10 Å². The summed E-state index contributed by atoms with van der Waals surface area (Å²) in [6.07, 6.45) is 1.04. The van der Waals surface area contributed by atoms with Crippen LogP contribution in [0.3, 0.4) is 0 Å². The summed E-state index contributed by atoms with van der Waals surface area (Å²) in [6, 6.07) is 19.0. The first-order valence-electron chi connectivity index (χ1n) is 10.1. The van der Waals surface area contributed by atoms with Crippen LogP contribution in [0.4, 0.5) is 5.69 Å². The molecule has 1 heterocycles. The Bertz CT molecular complexity index is 1430. The van der Waals surface area contributed by atoms with Gasteiger partial charge >= 0.3 is 5.69 Å². The number of halogens is 1. The molecule has 0 aliphatic rings. The lowest BCUT2D eigenvalue weighted by molar-refractivity contribution is -0.386. The molecule has 0 fully saturated rings. The van der Waals surface area contributed by atoms with E-state index in [2.05, 4.69) is 10.1 Å². The van der Waals surface area contributed by atoms with Crippen LogP contribution in [-0.2, 0) is 0 Å². The zero-order chi connectivity index (χ0) is 23.5. The van der Waals surface area contributed by atoms with Crippen molar-refractivity contribution in [3.63, 3.8) is 0 Å². The van der Waals surface area contributed by atoms with Gasteiger partial charge in [-0.1, -0.05) is 54.1 Å². The maximum Gasteiger partial charge on any atom is 0.313 e. The molecule has 0 saturated heterocycles. The zero-order valence-electron chi connectivity index (χ0n) is 17.8. The highest BCUT2D eigenvalue weighted by Crippen LogP contribution is 2.36. The van der Waals surface area contributed by atoms with E-state index < -0.39 is 4.92 Å². The van der Waals surface area contributed by atoms with Gasteiger partial charge in [-0.05, 0) is 32.0 Å². The van der Waals surface area contributed by atoms with Gasteiger partial charge < -0.3 is 4.74 Å². The average Bonchev–Trinajstić information content (AvgIpc) is 2.80. The number of nitro benzene ring substituents is 1. The standard InChI is InChI=1S/C24H19ClN4O4/c1-15(2)33-22-19(25)12-16(13-21(22)29(31)32)14-26-28-23(17-8-4-3-5-9-17)27-20-11-7-6-10-18(20)24(28)30/h3-15H,1-2H3. The second-order valence-corrected chi connectivity index (χ2v) is 7.86. The Balaban J connectivity index is 1.87. The van der Waals surface area contributed by atoms with E-state index in [9.17, 15) is 14.9 Å². The average molecular weight is 463 g/mol. The van der Waals surface area contributed by atoms with Crippen LogP contribution in [0, 0.1) is 10.1 Å². The summed E-state index contributed by atoms with van der Waals surface area (Å²) in [4.78, 5) is 28.8. The third-order valence-electron chi connectivity index (χ3n) is 4.70. The van der Waals surface area contributed by atoms with Gasteiger partial charge in [0.1, 0.15) is 0 Å². The number of benzene rings is 3. The van der Waals surface area contributed by atoms with Gasteiger partial charge in [-0.25, -0.2) is 4.98 Å². The monoisotopic (exact) mass is 462 g/mol. The van der Waals surface area contributed by atoms with Crippen LogP contribution in [0.1, 0.15) is 19.4 Å². The van der Waals surface area contributed by atoms with Crippen LogP contribution in [-0.4, -0.2) is 26.9 Å². The quantitative estimate of drug-likeness (QED) is 0.220. The van der Waals surface area contributed by atoms with Crippen LogP contribution in [0.5, 0.6) is 5.75 Å². The predicted octanol–water partition coefficient (Wildman–Crippen LogP) is 5.29. The number of fused-ring (bicyclic) bond motifs is 1. The molecular formula is C24H19ClN4O4. The maximum absolute atomic E-state index is 13.2. The summed E-state index contributed by atoms with van der Waals surface area (Å²) < 4.78 is 6.69. The molecule has 0 bridgehead atoms. The van der Waals surface area contributed by atoms with Crippen LogP contribution >= 0.6 is 11.6 Å². The van der Waals surface area contributed by atoms with E-state index in [1.807, 2.05) is 30.3 Å². The Labute approximate surface area is 193 Å². The van der Waals surface area contributed by atoms with E-state index in [0.717, 1.165) is 0 Å². The van der Waals surface area contributed by atoms with E-state index in [1.54, 1.807) is 38.1 Å². The summed E-state index contributed by atoms with van der Waals surface area (Å²) >= 11 is 6.27. The molecule has 33 heavy (non-hydrogen) atoms. The minimum absolute atomic E-state index is 0.0108. The number of ether oxygens (including phenoxy) is 1. The van der Waals surface area contributed by atoms with Crippen molar-refractivity contribution in [1.29, 1.82) is 0 Å². The van der Waals surface area contributed by atoms with Gasteiger partial charge in [0.2, 0.25) is 5.75 Å². The van der Waals surface area contributed by atoms with E-state index in [0.29, 0.717) is 27.9 Å². The van der Waals surface area contributed by atoms with Gasteiger partial charge in [-0.2, -0.15) is 9.78 Å². The topological polar surface area (TPSA) is 99.6 Å². The maximum atomic E-state index is 13.2. The van der Waals surface area contributed by atoms with Crippen molar-refractivity contribution in [1.82, 2.24) is 9.66 Å². The highest BCUT2D eigenvalue weighted by Gasteiger charge is 2.21. The number of nitrogens with zero attached hydrogens (tertiary/aromatic N) is 4. The van der Waals surface area contributed by atoms with Crippen LogP contribution in [0.25, 0.3) is 22.3 Å². The second kappa shape index (κ2) is 9.22.